The van der Waals surface area contributed by atoms with Crippen molar-refractivity contribution in [3.8, 4) is 5.75 Å². The first-order valence-corrected chi connectivity index (χ1v) is 8.53. The van der Waals surface area contributed by atoms with Crippen LogP contribution in [-0.4, -0.2) is 48.4 Å². The monoisotopic (exact) mass is 345 g/mol. The Balaban J connectivity index is 2.15. The van der Waals surface area contributed by atoms with Gasteiger partial charge in [-0.2, -0.15) is 0 Å². The molecular weight excluding hydrogens is 322 g/mol. The van der Waals surface area contributed by atoms with Crippen LogP contribution in [0.15, 0.2) is 42.3 Å². The summed E-state index contributed by atoms with van der Waals surface area (Å²) in [5.74, 6) is 0.694. The van der Waals surface area contributed by atoms with E-state index in [-0.39, 0.29) is 5.91 Å². The molecule has 0 aliphatic heterocycles. The fourth-order valence-electron chi connectivity index (χ4n) is 2.28. The summed E-state index contributed by atoms with van der Waals surface area (Å²) in [5, 5.41) is 2.76. The summed E-state index contributed by atoms with van der Waals surface area (Å²) in [6, 6.07) is 7.71. The molecule has 0 unspecified atom stereocenters. The molecule has 0 atom stereocenters. The molecule has 6 heteroatoms. The van der Waals surface area contributed by atoms with Gasteiger partial charge < -0.3 is 14.5 Å². The summed E-state index contributed by atoms with van der Waals surface area (Å²) >= 11 is 1.51. The van der Waals surface area contributed by atoms with E-state index in [1.165, 1.54) is 11.3 Å². The molecule has 24 heavy (non-hydrogen) atoms. The second kappa shape index (κ2) is 8.61. The minimum atomic E-state index is -0.0843. The van der Waals surface area contributed by atoms with Gasteiger partial charge in [0, 0.05) is 25.0 Å². The Morgan fingerprint density at radius 1 is 1.38 bits per heavy atom. The van der Waals surface area contributed by atoms with Gasteiger partial charge in [0.1, 0.15) is 16.5 Å². The minimum Gasteiger partial charge on any atom is -0.497 e. The van der Waals surface area contributed by atoms with E-state index in [2.05, 4.69) is 11.6 Å². The number of rotatable bonds is 8. The van der Waals surface area contributed by atoms with Crippen LogP contribution < -0.4 is 4.74 Å². The first-order chi connectivity index (χ1) is 11.5. The quantitative estimate of drug-likeness (QED) is 0.690. The normalized spacial score (nSPS) is 10.7. The third-order valence-corrected chi connectivity index (χ3v) is 4.20. The van der Waals surface area contributed by atoms with Crippen molar-refractivity contribution < 1.29 is 9.53 Å². The molecule has 0 aliphatic rings. The van der Waals surface area contributed by atoms with Crippen molar-refractivity contribution in [3.63, 3.8) is 0 Å². The average molecular weight is 345 g/mol. The van der Waals surface area contributed by atoms with Crippen LogP contribution in [0.4, 0.5) is 0 Å². The standard InChI is InChI=1S/C18H23N3O2S/c1-5-9-21(11-14-7-6-8-15(10-14)23-4)18(22)16-13-24-17(19-16)12-20(2)3/h5-8,10,13H,1,9,11-12H2,2-4H3. The molecule has 5 nitrogen and oxygen atoms in total. The summed E-state index contributed by atoms with van der Waals surface area (Å²) < 4.78 is 5.24. The average Bonchev–Trinajstić information content (AvgIpc) is 3.01. The van der Waals surface area contributed by atoms with Crippen molar-refractivity contribution in [2.45, 2.75) is 13.1 Å². The highest BCUT2D eigenvalue weighted by Gasteiger charge is 2.18. The van der Waals surface area contributed by atoms with Gasteiger partial charge in [-0.05, 0) is 31.8 Å². The zero-order valence-corrected chi connectivity index (χ0v) is 15.2. The van der Waals surface area contributed by atoms with Crippen LogP contribution in [0.5, 0.6) is 5.75 Å². The highest BCUT2D eigenvalue weighted by molar-refractivity contribution is 7.09. The number of nitrogens with zero attached hydrogens (tertiary/aromatic N) is 3. The van der Waals surface area contributed by atoms with E-state index in [0.29, 0.717) is 18.8 Å². The van der Waals surface area contributed by atoms with Crippen LogP contribution in [-0.2, 0) is 13.1 Å². The van der Waals surface area contributed by atoms with E-state index >= 15 is 0 Å². The zero-order valence-electron chi connectivity index (χ0n) is 14.4. The molecule has 0 aliphatic carbocycles. The molecule has 0 saturated heterocycles. The fraction of sp³-hybridized carbons (Fsp3) is 0.333. The van der Waals surface area contributed by atoms with Crippen molar-refractivity contribution in [1.29, 1.82) is 0 Å². The molecule has 0 saturated carbocycles. The third kappa shape index (κ3) is 4.91. The van der Waals surface area contributed by atoms with E-state index in [9.17, 15) is 4.79 Å². The maximum absolute atomic E-state index is 12.8. The molecule has 0 spiro atoms. The number of hydrogen-bond acceptors (Lipinski definition) is 5. The van der Waals surface area contributed by atoms with E-state index in [1.54, 1.807) is 18.1 Å². The molecule has 1 amide bonds. The van der Waals surface area contributed by atoms with Crippen LogP contribution in [0.2, 0.25) is 0 Å². The van der Waals surface area contributed by atoms with Crippen molar-refractivity contribution in [1.82, 2.24) is 14.8 Å². The van der Waals surface area contributed by atoms with Crippen LogP contribution in [0, 0.1) is 0 Å². The van der Waals surface area contributed by atoms with Gasteiger partial charge in [-0.1, -0.05) is 18.2 Å². The number of methoxy groups -OCH3 is 1. The maximum atomic E-state index is 12.8. The van der Waals surface area contributed by atoms with Crippen LogP contribution in [0.25, 0.3) is 0 Å². The Morgan fingerprint density at radius 3 is 2.83 bits per heavy atom. The Labute approximate surface area is 147 Å². The second-order valence-corrected chi connectivity index (χ2v) is 6.63. The summed E-state index contributed by atoms with van der Waals surface area (Å²) in [5.41, 5.74) is 1.50. The molecule has 0 bridgehead atoms. The van der Waals surface area contributed by atoms with Crippen molar-refractivity contribution in [2.75, 3.05) is 27.7 Å². The number of hydrogen-bond donors (Lipinski definition) is 0. The molecule has 0 fully saturated rings. The molecule has 1 aromatic heterocycles. The predicted molar refractivity (Wildman–Crippen MR) is 97.4 cm³/mol. The summed E-state index contributed by atoms with van der Waals surface area (Å²) in [6.07, 6.45) is 1.73. The number of ether oxygens (including phenoxy) is 1. The van der Waals surface area contributed by atoms with Gasteiger partial charge in [-0.3, -0.25) is 4.79 Å². The molecule has 0 N–H and O–H groups in total. The van der Waals surface area contributed by atoms with Crippen LogP contribution in [0.3, 0.4) is 0 Å². The third-order valence-electron chi connectivity index (χ3n) is 3.37. The van der Waals surface area contributed by atoms with Crippen molar-refractivity contribution >= 4 is 17.2 Å². The molecule has 2 aromatic rings. The summed E-state index contributed by atoms with van der Waals surface area (Å²) in [6.45, 7) is 5.44. The number of aromatic nitrogens is 1. The first-order valence-electron chi connectivity index (χ1n) is 7.65. The number of carbonyl (C=O) groups is 1. The summed E-state index contributed by atoms with van der Waals surface area (Å²) in [4.78, 5) is 21.0. The van der Waals surface area contributed by atoms with Gasteiger partial charge in [-0.15, -0.1) is 17.9 Å². The largest absolute Gasteiger partial charge is 0.497 e. The van der Waals surface area contributed by atoms with E-state index in [1.807, 2.05) is 48.6 Å². The highest BCUT2D eigenvalue weighted by atomic mass is 32.1. The lowest BCUT2D eigenvalue weighted by molar-refractivity contribution is 0.0757. The Hall–Kier alpha value is -2.18. The molecule has 2 rings (SSSR count). The predicted octanol–water partition coefficient (Wildman–Crippen LogP) is 3.04. The van der Waals surface area contributed by atoms with E-state index in [0.717, 1.165) is 22.9 Å². The zero-order chi connectivity index (χ0) is 17.5. The van der Waals surface area contributed by atoms with Gasteiger partial charge in [0.2, 0.25) is 0 Å². The lowest BCUT2D eigenvalue weighted by Crippen LogP contribution is -2.31. The number of benzene rings is 1. The van der Waals surface area contributed by atoms with Gasteiger partial charge >= 0.3 is 0 Å². The van der Waals surface area contributed by atoms with Crippen LogP contribution >= 0.6 is 11.3 Å². The number of amides is 1. The molecule has 128 valence electrons. The van der Waals surface area contributed by atoms with Crippen molar-refractivity contribution in [2.24, 2.45) is 0 Å². The Kier molecular flexibility index (Phi) is 6.52. The van der Waals surface area contributed by atoms with Gasteiger partial charge in [0.05, 0.1) is 7.11 Å². The molecule has 0 radical (unpaired) electrons. The van der Waals surface area contributed by atoms with E-state index < -0.39 is 0 Å². The topological polar surface area (TPSA) is 45.7 Å². The van der Waals surface area contributed by atoms with Gasteiger partial charge in [0.15, 0.2) is 0 Å². The maximum Gasteiger partial charge on any atom is 0.273 e. The lowest BCUT2D eigenvalue weighted by atomic mass is 10.2. The highest BCUT2D eigenvalue weighted by Crippen LogP contribution is 2.17. The number of carbonyl (C=O) groups excluding carboxylic acids is 1. The smallest absolute Gasteiger partial charge is 0.273 e. The molecular formula is C18H23N3O2S. The Morgan fingerprint density at radius 2 is 2.17 bits per heavy atom. The number of thiazole rings is 1. The lowest BCUT2D eigenvalue weighted by Gasteiger charge is -2.20. The second-order valence-electron chi connectivity index (χ2n) is 5.69. The van der Waals surface area contributed by atoms with Gasteiger partial charge in [0.25, 0.3) is 5.91 Å². The SMILES string of the molecule is C=CCN(Cc1cccc(OC)c1)C(=O)c1csc(CN(C)C)n1. The minimum absolute atomic E-state index is 0.0843. The van der Waals surface area contributed by atoms with Crippen LogP contribution in [0.1, 0.15) is 21.1 Å². The Bertz CT molecular complexity index is 697. The van der Waals surface area contributed by atoms with Gasteiger partial charge in [-0.25, -0.2) is 4.98 Å². The summed E-state index contributed by atoms with van der Waals surface area (Å²) in [7, 11) is 5.60. The molecule has 1 heterocycles. The van der Waals surface area contributed by atoms with Crippen molar-refractivity contribution in [3.05, 3.63) is 58.6 Å². The fourth-order valence-corrected chi connectivity index (χ4v) is 3.17. The molecule has 1 aromatic carbocycles. The first kappa shape index (κ1) is 18.2. The van der Waals surface area contributed by atoms with E-state index in [4.69, 9.17) is 4.74 Å².